The van der Waals surface area contributed by atoms with Crippen molar-refractivity contribution in [1.29, 1.82) is 0 Å². The van der Waals surface area contributed by atoms with Gasteiger partial charge in [-0.3, -0.25) is 6.08 Å². The summed E-state index contributed by atoms with van der Waals surface area (Å²) >= 11 is 0. The Bertz CT molecular complexity index is 304. The van der Waals surface area contributed by atoms with E-state index in [4.69, 9.17) is 4.74 Å². The Morgan fingerprint density at radius 1 is 1.20 bits per heavy atom. The summed E-state index contributed by atoms with van der Waals surface area (Å²) in [5.74, 6) is 0.884. The summed E-state index contributed by atoms with van der Waals surface area (Å²) in [6, 6.07) is 7.91. The van der Waals surface area contributed by atoms with Gasteiger partial charge in [0.15, 0.2) is 0 Å². The summed E-state index contributed by atoms with van der Waals surface area (Å²) in [5, 5.41) is 0. The first kappa shape index (κ1) is 17.2. The molecule has 0 N–H and O–H groups in total. The summed E-state index contributed by atoms with van der Waals surface area (Å²) in [6.07, 6.45) is 8.79. The van der Waals surface area contributed by atoms with Crippen LogP contribution >= 0.6 is 0 Å². The maximum atomic E-state index is 5.05. The predicted molar refractivity (Wildman–Crippen MR) is 61.3 cm³/mol. The number of hydrogen-bond donors (Lipinski definition) is 0. The molecule has 0 saturated heterocycles. The number of methoxy groups -OCH3 is 1. The van der Waals surface area contributed by atoms with Crippen LogP contribution in [0.4, 0.5) is 0 Å². The molecule has 0 spiro atoms. The van der Waals surface area contributed by atoms with Gasteiger partial charge < -0.3 is 21.7 Å². The van der Waals surface area contributed by atoms with Gasteiger partial charge in [-0.15, -0.1) is 13.0 Å². The minimum absolute atomic E-state index is 0. The van der Waals surface area contributed by atoms with Crippen LogP contribution in [0.2, 0.25) is 0 Å². The van der Waals surface area contributed by atoms with Crippen LogP contribution in [0.5, 0.6) is 5.75 Å². The molecule has 1 aromatic carbocycles. The van der Waals surface area contributed by atoms with Crippen LogP contribution in [0.1, 0.15) is 12.5 Å². The van der Waals surface area contributed by atoms with Gasteiger partial charge in [0.25, 0.3) is 0 Å². The fourth-order valence-electron chi connectivity index (χ4n) is 0.970. The van der Waals surface area contributed by atoms with Gasteiger partial charge in [0.05, 0.1) is 7.11 Å². The summed E-state index contributed by atoms with van der Waals surface area (Å²) in [4.78, 5) is 0. The molecule has 15 heavy (non-hydrogen) atoms. The minimum Gasteiger partial charge on any atom is -1.00 e. The van der Waals surface area contributed by atoms with E-state index in [9.17, 15) is 0 Å². The van der Waals surface area contributed by atoms with Crippen LogP contribution in [-0.4, -0.2) is 30.2 Å². The summed E-state index contributed by atoms with van der Waals surface area (Å²) in [5.41, 5.74) is 1.16. The number of allylic oxidation sites excluding steroid dienone is 3. The molecule has 0 amide bonds. The minimum atomic E-state index is 0. The van der Waals surface area contributed by atoms with Gasteiger partial charge in [-0.05, 0) is 17.7 Å². The maximum absolute atomic E-state index is 5.05. The average molecular weight is 277 g/mol. The fraction of sp³-hybridized carbons (Fsp3) is 0.167. The molecule has 0 atom stereocenters. The fourth-order valence-corrected chi connectivity index (χ4v) is 0.970. The van der Waals surface area contributed by atoms with Gasteiger partial charge >= 0.3 is 23.1 Å². The van der Waals surface area contributed by atoms with E-state index < -0.39 is 0 Å². The van der Waals surface area contributed by atoms with Gasteiger partial charge in [-0.25, -0.2) is 12.2 Å². The van der Waals surface area contributed by atoms with Crippen LogP contribution in [0, 0.1) is 6.08 Å². The predicted octanol–water partition coefficient (Wildman–Crippen LogP) is -0.289. The Morgan fingerprint density at radius 2 is 1.80 bits per heavy atom. The third kappa shape index (κ3) is 6.76. The first-order chi connectivity index (χ1) is 6.36. The second-order valence-corrected chi connectivity index (χ2v) is 2.59. The van der Waals surface area contributed by atoms with Crippen molar-refractivity contribution in [2.75, 3.05) is 7.11 Å². The SMILES string of the molecule is C[C-]=C/C=C/c1ccc(OC)cc1.[Br-].[Mg+2]. The van der Waals surface area contributed by atoms with E-state index in [0.717, 1.165) is 11.3 Å². The van der Waals surface area contributed by atoms with E-state index in [1.54, 1.807) is 7.11 Å². The zero-order valence-electron chi connectivity index (χ0n) is 9.03. The largest absolute Gasteiger partial charge is 2.00 e. The Hall–Kier alpha value is -0.254. The van der Waals surface area contributed by atoms with E-state index in [1.807, 2.05) is 49.4 Å². The van der Waals surface area contributed by atoms with Crippen LogP contribution < -0.4 is 21.7 Å². The van der Waals surface area contributed by atoms with Crippen molar-refractivity contribution in [3.8, 4) is 5.75 Å². The molecule has 1 aromatic rings. The molecule has 0 unspecified atom stereocenters. The molecule has 0 fully saturated rings. The van der Waals surface area contributed by atoms with Crippen LogP contribution in [-0.2, 0) is 0 Å². The Balaban J connectivity index is 0. The Labute approximate surface area is 118 Å². The van der Waals surface area contributed by atoms with Crippen molar-refractivity contribution in [3.63, 3.8) is 0 Å². The third-order valence-corrected chi connectivity index (χ3v) is 1.67. The van der Waals surface area contributed by atoms with Gasteiger partial charge in [-0.1, -0.05) is 12.1 Å². The summed E-state index contributed by atoms with van der Waals surface area (Å²) in [6.45, 7) is 1.87. The number of benzene rings is 1. The topological polar surface area (TPSA) is 9.23 Å². The molecule has 1 rings (SSSR count). The third-order valence-electron chi connectivity index (χ3n) is 1.67. The number of halogens is 1. The van der Waals surface area contributed by atoms with Crippen molar-refractivity contribution in [1.82, 2.24) is 0 Å². The first-order valence-corrected chi connectivity index (χ1v) is 4.18. The number of hydrogen-bond acceptors (Lipinski definition) is 1. The van der Waals surface area contributed by atoms with Crippen molar-refractivity contribution in [2.45, 2.75) is 6.92 Å². The second kappa shape index (κ2) is 10.3. The quantitative estimate of drug-likeness (QED) is 0.419. The maximum Gasteiger partial charge on any atom is 2.00 e. The smallest absolute Gasteiger partial charge is 1.00 e. The van der Waals surface area contributed by atoms with Crippen molar-refractivity contribution >= 4 is 29.1 Å². The first-order valence-electron chi connectivity index (χ1n) is 4.18. The van der Waals surface area contributed by atoms with Crippen LogP contribution in [0.15, 0.2) is 36.4 Å². The second-order valence-electron chi connectivity index (χ2n) is 2.59. The molecule has 3 heteroatoms. The number of ether oxygens (including phenoxy) is 1. The van der Waals surface area contributed by atoms with E-state index in [1.165, 1.54) is 0 Å². The van der Waals surface area contributed by atoms with Gasteiger partial charge in [0, 0.05) is 0 Å². The molecule has 0 saturated carbocycles. The normalized spacial score (nSPS) is 9.73. The molecule has 1 nitrogen and oxygen atoms in total. The van der Waals surface area contributed by atoms with E-state index in [0.29, 0.717) is 0 Å². The molecule has 0 heterocycles. The molecule has 76 valence electrons. The molecular formula is C12H13BrMgO. The van der Waals surface area contributed by atoms with Gasteiger partial charge in [0.1, 0.15) is 5.75 Å². The van der Waals surface area contributed by atoms with Crippen LogP contribution in [0.25, 0.3) is 6.08 Å². The zero-order chi connectivity index (χ0) is 9.52. The Kier molecular flexibility index (Phi) is 11.7. The molecule has 0 aromatic heterocycles. The number of rotatable bonds is 3. The van der Waals surface area contributed by atoms with E-state index in [2.05, 4.69) is 6.08 Å². The molecule has 0 radical (unpaired) electrons. The van der Waals surface area contributed by atoms with Crippen molar-refractivity contribution in [3.05, 3.63) is 48.1 Å². The molecule has 0 aliphatic rings. The van der Waals surface area contributed by atoms with Crippen molar-refractivity contribution < 1.29 is 21.7 Å². The van der Waals surface area contributed by atoms with Gasteiger partial charge in [0.2, 0.25) is 0 Å². The molecule has 0 aliphatic heterocycles. The average Bonchev–Trinajstić information content (AvgIpc) is 2.19. The molecule has 0 bridgehead atoms. The van der Waals surface area contributed by atoms with Gasteiger partial charge in [-0.2, -0.15) is 0 Å². The zero-order valence-corrected chi connectivity index (χ0v) is 12.0. The van der Waals surface area contributed by atoms with E-state index >= 15 is 0 Å². The van der Waals surface area contributed by atoms with E-state index in [-0.39, 0.29) is 40.0 Å². The Morgan fingerprint density at radius 3 is 2.27 bits per heavy atom. The summed E-state index contributed by atoms with van der Waals surface area (Å²) in [7, 11) is 1.67. The van der Waals surface area contributed by atoms with Crippen molar-refractivity contribution in [2.24, 2.45) is 0 Å². The summed E-state index contributed by atoms with van der Waals surface area (Å²) < 4.78 is 5.05. The van der Waals surface area contributed by atoms with Crippen LogP contribution in [0.3, 0.4) is 0 Å². The molecular weight excluding hydrogens is 264 g/mol. The standard InChI is InChI=1S/C12H13O.BrH.Mg/c1-3-4-5-6-11-7-9-12(13-2)10-8-11;;/h4-10H,1-2H3;1H;/q-1;;+2/p-1/b6-5+;;. The molecule has 0 aliphatic carbocycles. The monoisotopic (exact) mass is 276 g/mol.